The highest BCUT2D eigenvalue weighted by Crippen LogP contribution is 2.08. The summed E-state index contributed by atoms with van der Waals surface area (Å²) < 4.78 is 33.1. The van der Waals surface area contributed by atoms with E-state index in [2.05, 4.69) is 13.3 Å². The molecule has 0 aromatic heterocycles. The van der Waals surface area contributed by atoms with E-state index in [1.807, 2.05) is 0 Å². The summed E-state index contributed by atoms with van der Waals surface area (Å²) in [6.45, 7) is 0. The van der Waals surface area contributed by atoms with Gasteiger partial charge in [-0.2, -0.15) is 0 Å². The predicted octanol–water partition coefficient (Wildman–Crippen LogP) is -0.417. The molecule has 0 rings (SSSR count). The second-order valence-corrected chi connectivity index (χ2v) is 6.63. The Kier molecular flexibility index (Phi) is 4.25. The summed E-state index contributed by atoms with van der Waals surface area (Å²) in [4.78, 5) is 0. The first-order valence-electron chi connectivity index (χ1n) is 2.39. The predicted molar refractivity (Wildman–Crippen MR) is 37.6 cm³/mol. The Hall–Kier alpha value is 0.207. The van der Waals surface area contributed by atoms with Crippen LogP contribution in [0.1, 0.15) is 0 Å². The van der Waals surface area contributed by atoms with Gasteiger partial charge in [0.05, 0.1) is 0 Å². The van der Waals surface area contributed by atoms with Crippen LogP contribution in [0.15, 0.2) is 0 Å². The average Bonchev–Trinajstić information content (AvgIpc) is 1.92. The van der Waals surface area contributed by atoms with Crippen molar-refractivity contribution in [2.24, 2.45) is 0 Å². The molecular weight excluding hydrogens is 176 g/mol. The molecule has 0 aromatic carbocycles. The quantitative estimate of drug-likeness (QED) is 0.477. The van der Waals surface area contributed by atoms with Crippen molar-refractivity contribution in [3.63, 3.8) is 0 Å². The molecule has 62 valence electrons. The highest BCUT2D eigenvalue weighted by molar-refractivity contribution is 8.10. The van der Waals surface area contributed by atoms with Crippen molar-refractivity contribution in [2.45, 2.75) is 0 Å². The molecule has 1 N–H and O–H groups in total. The van der Waals surface area contributed by atoms with E-state index in [4.69, 9.17) is 4.55 Å². The smallest absolute Gasteiger partial charge is 0.366 e. The van der Waals surface area contributed by atoms with Crippen molar-refractivity contribution in [1.82, 2.24) is 0 Å². The van der Waals surface area contributed by atoms with E-state index in [1.165, 1.54) is 21.3 Å². The molecule has 0 heterocycles. The zero-order valence-electron chi connectivity index (χ0n) is 5.99. The molecule has 0 saturated heterocycles. The molecule has 0 fully saturated rings. The van der Waals surface area contributed by atoms with Crippen molar-refractivity contribution < 1.29 is 22.0 Å². The van der Waals surface area contributed by atoms with Crippen molar-refractivity contribution in [3.8, 4) is 0 Å². The molecule has 5 nitrogen and oxygen atoms in total. The van der Waals surface area contributed by atoms with Crippen LogP contribution >= 0.6 is 0 Å². The molecule has 10 heavy (non-hydrogen) atoms. The molecular formula is C3H10O5SSi. The normalized spacial score (nSPS) is 15.2. The van der Waals surface area contributed by atoms with Gasteiger partial charge in [0.15, 0.2) is 0 Å². The molecule has 7 heteroatoms. The second-order valence-electron chi connectivity index (χ2n) is 1.36. The summed E-state index contributed by atoms with van der Waals surface area (Å²) in [6.07, 6.45) is 0. The van der Waals surface area contributed by atoms with E-state index in [1.54, 1.807) is 0 Å². The Morgan fingerprint density at radius 1 is 1.20 bits per heavy atom. The first kappa shape index (κ1) is 10.2. The maximum absolute atomic E-state index is 10.5. The lowest BCUT2D eigenvalue weighted by Gasteiger charge is -2.18. The molecule has 0 radical (unpaired) electrons. The summed E-state index contributed by atoms with van der Waals surface area (Å²) in [5.74, 6) is 0. The summed E-state index contributed by atoms with van der Waals surface area (Å²) in [6, 6.07) is 0. The van der Waals surface area contributed by atoms with E-state index in [0.717, 1.165) is 0 Å². The van der Waals surface area contributed by atoms with E-state index >= 15 is 0 Å². The molecule has 0 aliphatic heterocycles. The van der Waals surface area contributed by atoms with Gasteiger partial charge in [0.25, 0.3) is 0 Å². The molecule has 0 bridgehead atoms. The Balaban J connectivity index is 4.31. The van der Waals surface area contributed by atoms with Crippen LogP contribution in [-0.2, 0) is 23.8 Å². The number of hydrogen-bond acceptors (Lipinski definition) is 4. The number of rotatable bonds is 4. The van der Waals surface area contributed by atoms with Gasteiger partial charge in [-0.25, -0.2) is 4.21 Å². The molecule has 1 atom stereocenters. The Morgan fingerprint density at radius 2 is 1.50 bits per heavy atom. The Morgan fingerprint density at radius 3 is 1.50 bits per heavy atom. The minimum Gasteiger partial charge on any atom is -0.366 e. The third kappa shape index (κ3) is 1.84. The molecule has 0 aliphatic carbocycles. The molecule has 0 aliphatic rings. The first-order chi connectivity index (χ1) is 4.63. The van der Waals surface area contributed by atoms with Crippen molar-refractivity contribution in [1.29, 1.82) is 0 Å². The van der Waals surface area contributed by atoms with Crippen molar-refractivity contribution in [3.05, 3.63) is 0 Å². The number of hydrogen-bond donors (Lipinski definition) is 1. The zero-order valence-corrected chi connectivity index (χ0v) is 7.80. The summed E-state index contributed by atoms with van der Waals surface area (Å²) in [5, 5.41) is 0. The van der Waals surface area contributed by atoms with E-state index in [0.29, 0.717) is 0 Å². The van der Waals surface area contributed by atoms with E-state index in [9.17, 15) is 4.21 Å². The molecule has 0 spiro atoms. The minimum absolute atomic E-state index is 1.27. The monoisotopic (exact) mass is 186 g/mol. The van der Waals surface area contributed by atoms with Crippen LogP contribution in [-0.4, -0.2) is 38.0 Å². The van der Waals surface area contributed by atoms with Crippen LogP contribution in [0.4, 0.5) is 0 Å². The van der Waals surface area contributed by atoms with Gasteiger partial charge in [-0.1, -0.05) is 0 Å². The standard InChI is InChI=1S/C3H10O5SSi/c1-6-10(7-2,8-3)9(4)5/h1-3H3,(H,4,5). The van der Waals surface area contributed by atoms with Gasteiger partial charge in [-0.15, -0.1) is 0 Å². The summed E-state index contributed by atoms with van der Waals surface area (Å²) >= 11 is 0. The maximum atomic E-state index is 10.5. The summed E-state index contributed by atoms with van der Waals surface area (Å²) in [7, 11) is -1.64. The van der Waals surface area contributed by atoms with E-state index in [-0.39, 0.29) is 0 Å². The summed E-state index contributed by atoms with van der Waals surface area (Å²) in [5.41, 5.74) is 0. The van der Waals surface area contributed by atoms with Crippen molar-refractivity contribution >= 4 is 18.5 Å². The van der Waals surface area contributed by atoms with Crippen molar-refractivity contribution in [2.75, 3.05) is 21.3 Å². The zero-order chi connectivity index (χ0) is 8.20. The van der Waals surface area contributed by atoms with Crippen LogP contribution < -0.4 is 0 Å². The van der Waals surface area contributed by atoms with E-state index < -0.39 is 18.5 Å². The topological polar surface area (TPSA) is 65.0 Å². The minimum atomic E-state index is -3.27. The van der Waals surface area contributed by atoms with Crippen LogP contribution in [0.2, 0.25) is 0 Å². The highest BCUT2D eigenvalue weighted by atomic mass is 32.4. The first-order valence-corrected chi connectivity index (χ1v) is 5.95. The highest BCUT2D eigenvalue weighted by Gasteiger charge is 2.47. The van der Waals surface area contributed by atoms with Crippen LogP contribution in [0.3, 0.4) is 0 Å². The third-order valence-corrected chi connectivity index (χ3v) is 5.67. The Labute approximate surface area is 62.6 Å². The van der Waals surface area contributed by atoms with Gasteiger partial charge >= 0.3 is 7.95 Å². The van der Waals surface area contributed by atoms with Crippen LogP contribution in [0.25, 0.3) is 0 Å². The average molecular weight is 186 g/mol. The van der Waals surface area contributed by atoms with Gasteiger partial charge in [-0.05, 0) is 0 Å². The van der Waals surface area contributed by atoms with Gasteiger partial charge in [-0.3, -0.25) is 0 Å². The second kappa shape index (κ2) is 4.16. The molecule has 0 saturated carbocycles. The maximum Gasteiger partial charge on any atom is 0.632 e. The fourth-order valence-electron chi connectivity index (χ4n) is 0.464. The molecule has 0 aromatic rings. The molecule has 0 amide bonds. The SMILES string of the molecule is CO[Si](OC)(OC)S(=O)O. The lowest BCUT2D eigenvalue weighted by Crippen LogP contribution is -2.47. The van der Waals surface area contributed by atoms with Gasteiger partial charge in [0.2, 0.25) is 10.5 Å². The molecule has 1 unspecified atom stereocenters. The fraction of sp³-hybridized carbons (Fsp3) is 1.00. The van der Waals surface area contributed by atoms with Gasteiger partial charge in [0.1, 0.15) is 0 Å². The Bertz CT molecular complexity index is 116. The van der Waals surface area contributed by atoms with Crippen LogP contribution in [0, 0.1) is 0 Å². The fourth-order valence-corrected chi connectivity index (χ4v) is 2.67. The van der Waals surface area contributed by atoms with Gasteiger partial charge < -0.3 is 17.8 Å². The lowest BCUT2D eigenvalue weighted by atomic mass is 11.8. The van der Waals surface area contributed by atoms with Crippen LogP contribution in [0.5, 0.6) is 0 Å². The lowest BCUT2D eigenvalue weighted by molar-refractivity contribution is 0.147. The third-order valence-electron chi connectivity index (χ3n) is 0.964. The largest absolute Gasteiger partial charge is 0.632 e. The van der Waals surface area contributed by atoms with Gasteiger partial charge in [0, 0.05) is 21.3 Å².